The lowest BCUT2D eigenvalue weighted by Gasteiger charge is -2.11. The van der Waals surface area contributed by atoms with E-state index in [-0.39, 0.29) is 5.91 Å². The second-order valence-electron chi connectivity index (χ2n) is 7.50. The van der Waals surface area contributed by atoms with E-state index in [9.17, 15) is 4.79 Å². The molecule has 0 saturated carbocycles. The number of aryl methyl sites for hydroxylation is 2. The molecule has 0 spiro atoms. The molecule has 1 aliphatic rings. The number of methoxy groups -OCH3 is 1. The van der Waals surface area contributed by atoms with E-state index in [1.165, 1.54) is 6.42 Å². The number of hydrogen-bond acceptors (Lipinski definition) is 4. The summed E-state index contributed by atoms with van der Waals surface area (Å²) in [5, 5.41) is 11.6. The van der Waals surface area contributed by atoms with E-state index < -0.39 is 0 Å². The molecule has 7 nitrogen and oxygen atoms in total. The Bertz CT molecular complexity index is 1020. The molecular formula is C22H27N5O2. The van der Waals surface area contributed by atoms with Crippen molar-refractivity contribution in [3.8, 4) is 11.4 Å². The molecule has 1 N–H and O–H groups in total. The maximum Gasteiger partial charge on any atom is 0.253 e. The predicted molar refractivity (Wildman–Crippen MR) is 111 cm³/mol. The summed E-state index contributed by atoms with van der Waals surface area (Å²) >= 11 is 0. The number of nitrogens with one attached hydrogen (secondary N) is 1. The zero-order valence-corrected chi connectivity index (χ0v) is 17.2. The van der Waals surface area contributed by atoms with Gasteiger partial charge in [0.2, 0.25) is 0 Å². The van der Waals surface area contributed by atoms with Gasteiger partial charge in [-0.2, -0.15) is 0 Å². The van der Waals surface area contributed by atoms with Gasteiger partial charge in [0.15, 0.2) is 5.82 Å². The summed E-state index contributed by atoms with van der Waals surface area (Å²) in [6.07, 6.45) is 4.47. The van der Waals surface area contributed by atoms with Crippen molar-refractivity contribution in [3.63, 3.8) is 0 Å². The third-order valence-electron chi connectivity index (χ3n) is 5.60. The van der Waals surface area contributed by atoms with Gasteiger partial charge in [-0.05, 0) is 57.0 Å². The number of amides is 1. The first kappa shape index (κ1) is 19.2. The molecule has 0 bridgehead atoms. The first-order valence-corrected chi connectivity index (χ1v) is 10.1. The number of rotatable bonds is 5. The zero-order chi connectivity index (χ0) is 20.4. The largest absolute Gasteiger partial charge is 0.497 e. The molecule has 3 heterocycles. The second kappa shape index (κ2) is 8.11. The third-order valence-corrected chi connectivity index (χ3v) is 5.60. The highest BCUT2D eigenvalue weighted by molar-refractivity contribution is 5.95. The number of nitrogens with zero attached hydrogens (tertiary/aromatic N) is 4. The Kier molecular flexibility index (Phi) is 5.38. The lowest BCUT2D eigenvalue weighted by atomic mass is 10.2. The minimum absolute atomic E-state index is 0.0937. The number of ether oxygens (including phenoxy) is 1. The van der Waals surface area contributed by atoms with E-state index in [1.54, 1.807) is 7.11 Å². The molecule has 0 fully saturated rings. The van der Waals surface area contributed by atoms with Crippen molar-refractivity contribution in [2.45, 2.75) is 52.6 Å². The molecule has 4 rings (SSSR count). The number of hydrogen-bond donors (Lipinski definition) is 1. The van der Waals surface area contributed by atoms with Crippen LogP contribution in [0.4, 0.5) is 0 Å². The van der Waals surface area contributed by atoms with Crippen molar-refractivity contribution in [3.05, 3.63) is 58.9 Å². The summed E-state index contributed by atoms with van der Waals surface area (Å²) in [5.41, 5.74) is 3.59. The van der Waals surface area contributed by atoms with Crippen LogP contribution < -0.4 is 10.1 Å². The number of aromatic nitrogens is 4. The van der Waals surface area contributed by atoms with Crippen LogP contribution in [0.1, 0.15) is 52.7 Å². The molecule has 1 aromatic carbocycles. The molecule has 0 saturated heterocycles. The number of benzene rings is 1. The predicted octanol–water partition coefficient (Wildman–Crippen LogP) is 3.35. The quantitative estimate of drug-likeness (QED) is 0.721. The Morgan fingerprint density at radius 3 is 2.69 bits per heavy atom. The highest BCUT2D eigenvalue weighted by Crippen LogP contribution is 2.23. The van der Waals surface area contributed by atoms with E-state index in [4.69, 9.17) is 4.74 Å². The van der Waals surface area contributed by atoms with Gasteiger partial charge in [-0.15, -0.1) is 10.2 Å². The Morgan fingerprint density at radius 2 is 1.93 bits per heavy atom. The number of carbonyl (C=O) groups excluding carboxylic acids is 1. The van der Waals surface area contributed by atoms with Crippen LogP contribution in [0.25, 0.3) is 5.69 Å². The fraction of sp³-hybridized carbons (Fsp3) is 0.409. The van der Waals surface area contributed by atoms with Crippen LogP contribution in [0, 0.1) is 13.8 Å². The van der Waals surface area contributed by atoms with Crippen LogP contribution in [0.2, 0.25) is 0 Å². The summed E-state index contributed by atoms with van der Waals surface area (Å²) in [5.74, 6) is 2.58. The standard InChI is InChI=1S/C22H27N5O2/c1-15-13-19(16(2)27(15)17-8-10-18(29-3)11-9-17)22(28)23-14-21-25-24-20-7-5-4-6-12-26(20)21/h8-11,13H,4-7,12,14H2,1-3H3,(H,23,28). The summed E-state index contributed by atoms with van der Waals surface area (Å²) in [6, 6.07) is 9.76. The van der Waals surface area contributed by atoms with Gasteiger partial charge >= 0.3 is 0 Å². The van der Waals surface area contributed by atoms with Crippen LogP contribution in [0.5, 0.6) is 5.75 Å². The molecule has 7 heteroatoms. The van der Waals surface area contributed by atoms with Gasteiger partial charge in [-0.3, -0.25) is 4.79 Å². The fourth-order valence-electron chi connectivity index (χ4n) is 4.05. The molecule has 0 unspecified atom stereocenters. The van der Waals surface area contributed by atoms with Crippen LogP contribution in [-0.4, -0.2) is 32.3 Å². The summed E-state index contributed by atoms with van der Waals surface area (Å²) in [7, 11) is 1.65. The normalized spacial score (nSPS) is 13.6. The molecule has 0 atom stereocenters. The molecule has 2 aromatic heterocycles. The minimum Gasteiger partial charge on any atom is -0.497 e. The van der Waals surface area contributed by atoms with E-state index in [1.807, 2.05) is 44.2 Å². The number of fused-ring (bicyclic) bond motifs is 1. The second-order valence-corrected chi connectivity index (χ2v) is 7.50. The Morgan fingerprint density at radius 1 is 1.14 bits per heavy atom. The molecule has 3 aromatic rings. The van der Waals surface area contributed by atoms with E-state index in [0.29, 0.717) is 12.1 Å². The highest BCUT2D eigenvalue weighted by atomic mass is 16.5. The summed E-state index contributed by atoms with van der Waals surface area (Å²) in [4.78, 5) is 12.9. The van der Waals surface area contributed by atoms with Crippen LogP contribution >= 0.6 is 0 Å². The van der Waals surface area contributed by atoms with Crippen LogP contribution in [-0.2, 0) is 19.5 Å². The monoisotopic (exact) mass is 393 g/mol. The van der Waals surface area contributed by atoms with E-state index >= 15 is 0 Å². The molecule has 29 heavy (non-hydrogen) atoms. The Hall–Kier alpha value is -3.09. The lowest BCUT2D eigenvalue weighted by molar-refractivity contribution is 0.0949. The van der Waals surface area contributed by atoms with Crippen molar-refractivity contribution in [1.82, 2.24) is 24.6 Å². The Balaban J connectivity index is 1.52. The van der Waals surface area contributed by atoms with Gasteiger partial charge in [0, 0.05) is 30.0 Å². The van der Waals surface area contributed by atoms with Crippen molar-refractivity contribution in [1.29, 1.82) is 0 Å². The molecular weight excluding hydrogens is 366 g/mol. The first-order chi connectivity index (χ1) is 14.1. The van der Waals surface area contributed by atoms with Crippen molar-refractivity contribution in [2.24, 2.45) is 0 Å². The van der Waals surface area contributed by atoms with Gasteiger partial charge in [0.25, 0.3) is 5.91 Å². The van der Waals surface area contributed by atoms with Gasteiger partial charge in [-0.25, -0.2) is 0 Å². The van der Waals surface area contributed by atoms with Gasteiger partial charge < -0.3 is 19.2 Å². The average Bonchev–Trinajstić information content (AvgIpc) is 3.15. The maximum absolute atomic E-state index is 12.9. The zero-order valence-electron chi connectivity index (χ0n) is 17.2. The van der Waals surface area contributed by atoms with Gasteiger partial charge in [0.1, 0.15) is 11.6 Å². The van der Waals surface area contributed by atoms with Gasteiger partial charge in [0.05, 0.1) is 19.2 Å². The topological polar surface area (TPSA) is 74.0 Å². The molecule has 0 radical (unpaired) electrons. The molecule has 1 aliphatic heterocycles. The van der Waals surface area contributed by atoms with E-state index in [2.05, 4.69) is 24.6 Å². The highest BCUT2D eigenvalue weighted by Gasteiger charge is 2.19. The minimum atomic E-state index is -0.0937. The maximum atomic E-state index is 12.9. The molecule has 0 aliphatic carbocycles. The fourth-order valence-corrected chi connectivity index (χ4v) is 4.05. The van der Waals surface area contributed by atoms with Crippen LogP contribution in [0.3, 0.4) is 0 Å². The SMILES string of the molecule is COc1ccc(-n2c(C)cc(C(=O)NCc3nnc4n3CCCCC4)c2C)cc1. The molecule has 1 amide bonds. The lowest BCUT2D eigenvalue weighted by Crippen LogP contribution is -2.25. The van der Waals surface area contributed by atoms with Crippen molar-refractivity contribution >= 4 is 5.91 Å². The third kappa shape index (κ3) is 3.77. The van der Waals surface area contributed by atoms with E-state index in [0.717, 1.165) is 60.3 Å². The average molecular weight is 393 g/mol. The molecule has 152 valence electrons. The summed E-state index contributed by atoms with van der Waals surface area (Å²) in [6.45, 7) is 5.29. The van der Waals surface area contributed by atoms with Gasteiger partial charge in [-0.1, -0.05) is 6.42 Å². The number of carbonyl (C=O) groups is 1. The smallest absolute Gasteiger partial charge is 0.253 e. The summed E-state index contributed by atoms with van der Waals surface area (Å²) < 4.78 is 9.48. The van der Waals surface area contributed by atoms with Crippen LogP contribution in [0.15, 0.2) is 30.3 Å². The van der Waals surface area contributed by atoms with Crippen molar-refractivity contribution in [2.75, 3.05) is 7.11 Å². The van der Waals surface area contributed by atoms with Crippen molar-refractivity contribution < 1.29 is 9.53 Å². The Labute approximate surface area is 170 Å². The first-order valence-electron chi connectivity index (χ1n) is 10.1.